The Morgan fingerprint density at radius 3 is 2.78 bits per heavy atom. The standard InChI is InChI=1S/C16H28N4O2S/c1-3-4-16-18-14(13-23-16)11-19-6-8-20(9-7-19)12-15(21)17-5-10-22-2/h13H,3-12H2,1-2H3,(H,17,21). The number of nitrogens with one attached hydrogen (secondary N) is 1. The summed E-state index contributed by atoms with van der Waals surface area (Å²) in [5.41, 5.74) is 1.18. The number of piperazine rings is 1. The minimum absolute atomic E-state index is 0.0826. The zero-order valence-electron chi connectivity index (χ0n) is 14.2. The van der Waals surface area contributed by atoms with Crippen LogP contribution in [0.4, 0.5) is 0 Å². The number of thiazole rings is 1. The molecular formula is C16H28N4O2S. The molecule has 1 N–H and O–H groups in total. The average molecular weight is 340 g/mol. The van der Waals surface area contributed by atoms with Crippen molar-refractivity contribution in [1.82, 2.24) is 20.1 Å². The van der Waals surface area contributed by atoms with E-state index in [1.54, 1.807) is 18.4 Å². The molecule has 0 radical (unpaired) electrons. The summed E-state index contributed by atoms with van der Waals surface area (Å²) in [6, 6.07) is 0. The van der Waals surface area contributed by atoms with Gasteiger partial charge in [0.2, 0.25) is 5.91 Å². The molecule has 0 spiro atoms. The third-order valence-electron chi connectivity index (χ3n) is 3.91. The number of aryl methyl sites for hydroxylation is 1. The van der Waals surface area contributed by atoms with Crippen LogP contribution in [0.25, 0.3) is 0 Å². The summed E-state index contributed by atoms with van der Waals surface area (Å²) in [6.07, 6.45) is 2.23. The van der Waals surface area contributed by atoms with E-state index in [9.17, 15) is 4.79 Å². The first-order valence-electron chi connectivity index (χ1n) is 8.35. The number of ether oxygens (including phenoxy) is 1. The first-order valence-corrected chi connectivity index (χ1v) is 9.23. The van der Waals surface area contributed by atoms with Gasteiger partial charge >= 0.3 is 0 Å². The van der Waals surface area contributed by atoms with E-state index in [-0.39, 0.29) is 5.91 Å². The van der Waals surface area contributed by atoms with Gasteiger partial charge in [-0.05, 0) is 12.8 Å². The highest BCUT2D eigenvalue weighted by Crippen LogP contribution is 2.14. The number of nitrogens with zero attached hydrogens (tertiary/aromatic N) is 3. The molecule has 1 aliphatic rings. The van der Waals surface area contributed by atoms with Gasteiger partial charge in [0.1, 0.15) is 0 Å². The van der Waals surface area contributed by atoms with Gasteiger partial charge < -0.3 is 10.1 Å². The first-order chi connectivity index (χ1) is 11.2. The number of rotatable bonds is 9. The second-order valence-corrected chi connectivity index (χ2v) is 6.82. The number of hydrogen-bond donors (Lipinski definition) is 1. The molecule has 1 aliphatic heterocycles. The number of methoxy groups -OCH3 is 1. The number of carbonyl (C=O) groups excluding carboxylic acids is 1. The predicted molar refractivity (Wildman–Crippen MR) is 92.7 cm³/mol. The van der Waals surface area contributed by atoms with E-state index >= 15 is 0 Å². The van der Waals surface area contributed by atoms with Crippen LogP contribution in [-0.4, -0.2) is 73.7 Å². The summed E-state index contributed by atoms with van der Waals surface area (Å²) in [5, 5.41) is 6.29. The highest BCUT2D eigenvalue weighted by atomic mass is 32.1. The zero-order chi connectivity index (χ0) is 16.5. The molecule has 1 saturated heterocycles. The van der Waals surface area contributed by atoms with Crippen LogP contribution < -0.4 is 5.32 Å². The number of aromatic nitrogens is 1. The first kappa shape index (κ1) is 18.3. The van der Waals surface area contributed by atoms with Crippen molar-refractivity contribution >= 4 is 17.2 Å². The fourth-order valence-corrected chi connectivity index (χ4v) is 3.53. The van der Waals surface area contributed by atoms with Crippen molar-refractivity contribution in [2.24, 2.45) is 0 Å². The molecule has 2 heterocycles. The van der Waals surface area contributed by atoms with E-state index < -0.39 is 0 Å². The van der Waals surface area contributed by atoms with Gasteiger partial charge in [0.05, 0.1) is 23.9 Å². The largest absolute Gasteiger partial charge is 0.383 e. The van der Waals surface area contributed by atoms with Gasteiger partial charge in [-0.2, -0.15) is 0 Å². The van der Waals surface area contributed by atoms with Gasteiger partial charge in [-0.1, -0.05) is 6.92 Å². The van der Waals surface area contributed by atoms with Gasteiger partial charge in [0.15, 0.2) is 0 Å². The van der Waals surface area contributed by atoms with Gasteiger partial charge in [0, 0.05) is 51.8 Å². The summed E-state index contributed by atoms with van der Waals surface area (Å²) in [5.74, 6) is 0.0826. The van der Waals surface area contributed by atoms with Gasteiger partial charge in [-0.15, -0.1) is 11.3 Å². The van der Waals surface area contributed by atoms with Crippen LogP contribution in [-0.2, 0) is 22.5 Å². The number of amides is 1. The van der Waals surface area contributed by atoms with Crippen molar-refractivity contribution in [2.75, 3.05) is 53.0 Å². The van der Waals surface area contributed by atoms with Gasteiger partial charge in [0.25, 0.3) is 0 Å². The monoisotopic (exact) mass is 340 g/mol. The van der Waals surface area contributed by atoms with Crippen LogP contribution in [0.15, 0.2) is 5.38 Å². The highest BCUT2D eigenvalue weighted by Gasteiger charge is 2.19. The molecule has 1 aromatic rings. The third kappa shape index (κ3) is 6.55. The minimum Gasteiger partial charge on any atom is -0.383 e. The number of carbonyl (C=O) groups is 1. The summed E-state index contributed by atoms with van der Waals surface area (Å²) >= 11 is 1.77. The van der Waals surface area contributed by atoms with Crippen LogP contribution in [0.2, 0.25) is 0 Å². The Hall–Kier alpha value is -1.02. The molecule has 0 unspecified atom stereocenters. The Kier molecular flexibility index (Phi) is 7.94. The van der Waals surface area contributed by atoms with E-state index in [4.69, 9.17) is 9.72 Å². The molecule has 1 fully saturated rings. The Labute approximate surface area is 142 Å². The smallest absolute Gasteiger partial charge is 0.234 e. The summed E-state index contributed by atoms with van der Waals surface area (Å²) in [4.78, 5) is 21.1. The van der Waals surface area contributed by atoms with Crippen molar-refractivity contribution in [1.29, 1.82) is 0 Å². The molecule has 0 bridgehead atoms. The van der Waals surface area contributed by atoms with E-state index in [0.717, 1.165) is 45.6 Å². The predicted octanol–water partition coefficient (Wildman–Crippen LogP) is 0.976. The van der Waals surface area contributed by atoms with Crippen molar-refractivity contribution in [3.8, 4) is 0 Å². The second kappa shape index (κ2) is 9.97. The lowest BCUT2D eigenvalue weighted by Gasteiger charge is -2.33. The average Bonchev–Trinajstić information content (AvgIpc) is 2.97. The van der Waals surface area contributed by atoms with Crippen molar-refractivity contribution < 1.29 is 9.53 Å². The van der Waals surface area contributed by atoms with Crippen LogP contribution in [0.1, 0.15) is 24.0 Å². The van der Waals surface area contributed by atoms with E-state index in [1.165, 1.54) is 10.7 Å². The van der Waals surface area contributed by atoms with E-state index in [2.05, 4.69) is 27.4 Å². The SMILES string of the molecule is CCCc1nc(CN2CCN(CC(=O)NCCOC)CC2)cs1. The Morgan fingerprint density at radius 2 is 2.09 bits per heavy atom. The van der Waals surface area contributed by atoms with Crippen LogP contribution in [0, 0.1) is 0 Å². The maximum absolute atomic E-state index is 11.8. The Morgan fingerprint density at radius 1 is 1.35 bits per heavy atom. The molecular weight excluding hydrogens is 312 g/mol. The fourth-order valence-electron chi connectivity index (χ4n) is 2.64. The molecule has 23 heavy (non-hydrogen) atoms. The fraction of sp³-hybridized carbons (Fsp3) is 0.750. The molecule has 130 valence electrons. The van der Waals surface area contributed by atoms with Crippen LogP contribution >= 0.6 is 11.3 Å². The lowest BCUT2D eigenvalue weighted by molar-refractivity contribution is -0.122. The normalized spacial score (nSPS) is 16.6. The van der Waals surface area contributed by atoms with Crippen molar-refractivity contribution in [3.05, 3.63) is 16.1 Å². The van der Waals surface area contributed by atoms with Gasteiger partial charge in [-0.25, -0.2) is 4.98 Å². The van der Waals surface area contributed by atoms with Crippen molar-refractivity contribution in [3.63, 3.8) is 0 Å². The lowest BCUT2D eigenvalue weighted by Crippen LogP contribution is -2.49. The molecule has 1 aromatic heterocycles. The second-order valence-electron chi connectivity index (χ2n) is 5.88. The Balaban J connectivity index is 1.66. The molecule has 2 rings (SSSR count). The summed E-state index contributed by atoms with van der Waals surface area (Å²) in [7, 11) is 1.64. The molecule has 0 aliphatic carbocycles. The summed E-state index contributed by atoms with van der Waals surface area (Å²) in [6.45, 7) is 8.59. The van der Waals surface area contributed by atoms with E-state index in [0.29, 0.717) is 19.7 Å². The maximum atomic E-state index is 11.8. The minimum atomic E-state index is 0.0826. The maximum Gasteiger partial charge on any atom is 0.234 e. The van der Waals surface area contributed by atoms with E-state index in [1.807, 2.05) is 0 Å². The van der Waals surface area contributed by atoms with Crippen LogP contribution in [0.5, 0.6) is 0 Å². The number of hydrogen-bond acceptors (Lipinski definition) is 6. The topological polar surface area (TPSA) is 57.7 Å². The molecule has 0 saturated carbocycles. The summed E-state index contributed by atoms with van der Waals surface area (Å²) < 4.78 is 4.93. The quantitative estimate of drug-likeness (QED) is 0.679. The highest BCUT2D eigenvalue weighted by molar-refractivity contribution is 7.09. The van der Waals surface area contributed by atoms with Gasteiger partial charge in [-0.3, -0.25) is 14.6 Å². The van der Waals surface area contributed by atoms with Crippen LogP contribution in [0.3, 0.4) is 0 Å². The molecule has 7 heteroatoms. The zero-order valence-corrected chi connectivity index (χ0v) is 15.0. The molecule has 0 atom stereocenters. The Bertz CT molecular complexity index is 472. The van der Waals surface area contributed by atoms with Crippen molar-refractivity contribution in [2.45, 2.75) is 26.3 Å². The molecule has 0 aromatic carbocycles. The lowest BCUT2D eigenvalue weighted by atomic mass is 10.3. The third-order valence-corrected chi connectivity index (χ3v) is 4.87. The molecule has 6 nitrogen and oxygen atoms in total. The molecule has 1 amide bonds.